The highest BCUT2D eigenvalue weighted by Crippen LogP contribution is 2.26. The van der Waals surface area contributed by atoms with Crippen molar-refractivity contribution in [3.63, 3.8) is 0 Å². The first kappa shape index (κ1) is 24.8. The minimum atomic E-state index is -0.280. The molecule has 0 spiro atoms. The molecule has 5 rings (SSSR count). The number of rotatable bonds is 6. The van der Waals surface area contributed by atoms with Crippen molar-refractivity contribution in [2.24, 2.45) is 11.8 Å². The van der Waals surface area contributed by atoms with Gasteiger partial charge in [-0.25, -0.2) is 5.43 Å². The van der Waals surface area contributed by atoms with Gasteiger partial charge in [-0.3, -0.25) is 30.5 Å². The Kier molecular flexibility index (Phi) is 7.57. The molecule has 4 fully saturated rings. The van der Waals surface area contributed by atoms with Gasteiger partial charge in [0.25, 0.3) is 0 Å². The second kappa shape index (κ2) is 11.0. The number of likely N-dealkylation sites (tertiary alicyclic amines) is 1. The van der Waals surface area contributed by atoms with Crippen LogP contribution in [0, 0.1) is 23.2 Å². The fourth-order valence-corrected chi connectivity index (χ4v) is 5.81. The Morgan fingerprint density at radius 2 is 1.86 bits per heavy atom. The average molecular weight is 496 g/mol. The molecule has 0 aliphatic carbocycles. The van der Waals surface area contributed by atoms with Gasteiger partial charge in [-0.15, -0.1) is 0 Å². The maximum atomic E-state index is 12.8. The van der Waals surface area contributed by atoms with Crippen LogP contribution in [0.2, 0.25) is 0 Å². The number of piperazine rings is 1. The van der Waals surface area contributed by atoms with Crippen molar-refractivity contribution in [2.45, 2.75) is 44.7 Å². The molecule has 4 aliphatic heterocycles. The molecule has 4 atom stereocenters. The van der Waals surface area contributed by atoms with Crippen LogP contribution in [0.25, 0.3) is 0 Å². The van der Waals surface area contributed by atoms with Crippen molar-refractivity contribution < 1.29 is 9.59 Å². The Hall–Kier alpha value is -2.91. The number of nitrogens with zero attached hydrogens (tertiary/aromatic N) is 4. The third-order valence-electron chi connectivity index (χ3n) is 7.99. The lowest BCUT2D eigenvalue weighted by atomic mass is 9.90. The number of amides is 2. The van der Waals surface area contributed by atoms with E-state index in [0.717, 1.165) is 56.9 Å². The smallest absolute Gasteiger partial charge is 0.242 e. The fraction of sp³-hybridized carbons (Fsp3) is 0.640. The van der Waals surface area contributed by atoms with Crippen LogP contribution in [-0.2, 0) is 9.59 Å². The van der Waals surface area contributed by atoms with E-state index >= 15 is 0 Å². The molecule has 5 N–H and O–H groups in total. The van der Waals surface area contributed by atoms with Crippen LogP contribution in [0.3, 0.4) is 0 Å². The summed E-state index contributed by atoms with van der Waals surface area (Å²) in [4.78, 5) is 31.5. The van der Waals surface area contributed by atoms with E-state index in [4.69, 9.17) is 5.26 Å². The molecular weight excluding hydrogens is 458 g/mol. The first-order valence-corrected chi connectivity index (χ1v) is 13.1. The van der Waals surface area contributed by atoms with Crippen LogP contribution >= 0.6 is 0 Å². The lowest BCUT2D eigenvalue weighted by Gasteiger charge is -2.49. The van der Waals surface area contributed by atoms with E-state index < -0.39 is 0 Å². The number of benzene rings is 1. The van der Waals surface area contributed by atoms with Crippen molar-refractivity contribution in [2.75, 3.05) is 56.0 Å². The number of hydrogen-bond acceptors (Lipinski definition) is 9. The normalized spacial score (nSPS) is 29.9. The molecular formula is C25H37N9O2. The second-order valence-corrected chi connectivity index (χ2v) is 10.1. The van der Waals surface area contributed by atoms with Crippen molar-refractivity contribution in [3.8, 4) is 6.07 Å². The van der Waals surface area contributed by atoms with Crippen LogP contribution in [0.1, 0.15) is 26.2 Å². The quantitative estimate of drug-likeness (QED) is 0.365. The SMILES string of the molecule is CCN1CCN(c2ccc(NC3NC(N4CCC(CC#N)CC4)NC4CNNC(=O)C43)cc2)CC1=O. The lowest BCUT2D eigenvalue weighted by Crippen LogP contribution is -2.77. The van der Waals surface area contributed by atoms with Crippen molar-refractivity contribution in [1.82, 2.24) is 31.3 Å². The zero-order chi connectivity index (χ0) is 25.1. The third kappa shape index (κ3) is 5.27. The number of nitrogens with one attached hydrogen (secondary N) is 5. The number of carbonyl (C=O) groups excluding carboxylic acids is 2. The molecule has 1 aromatic rings. The van der Waals surface area contributed by atoms with Crippen LogP contribution in [0.4, 0.5) is 11.4 Å². The standard InChI is InChI=1S/C25H37N9O2/c1-2-32-13-14-34(16-21(32)35)19-5-3-18(4-6-19)28-23-22-20(15-27-31-24(22)36)29-25(30-23)33-11-8-17(7-10-26)9-12-33/h3-6,17,20,22-23,25,27-30H,2,7-9,11-16H2,1H3,(H,31,36). The molecule has 1 aromatic carbocycles. The number of anilines is 2. The number of likely N-dealkylation sites (N-methyl/N-ethyl adjacent to an activating group) is 1. The Morgan fingerprint density at radius 1 is 1.08 bits per heavy atom. The summed E-state index contributed by atoms with van der Waals surface area (Å²) in [7, 11) is 0. The highest BCUT2D eigenvalue weighted by atomic mass is 16.2. The summed E-state index contributed by atoms with van der Waals surface area (Å²) in [6, 6.07) is 10.4. The van der Waals surface area contributed by atoms with Gasteiger partial charge in [0.05, 0.1) is 24.7 Å². The molecule has 0 saturated carbocycles. The van der Waals surface area contributed by atoms with E-state index in [9.17, 15) is 9.59 Å². The van der Waals surface area contributed by atoms with Crippen LogP contribution in [0.5, 0.6) is 0 Å². The van der Waals surface area contributed by atoms with Crippen LogP contribution < -0.4 is 31.7 Å². The minimum Gasteiger partial charge on any atom is -0.369 e. The zero-order valence-electron chi connectivity index (χ0n) is 20.9. The monoisotopic (exact) mass is 495 g/mol. The van der Waals surface area contributed by atoms with Crippen molar-refractivity contribution in [1.29, 1.82) is 5.26 Å². The Labute approximate surface area is 212 Å². The van der Waals surface area contributed by atoms with Crippen molar-refractivity contribution in [3.05, 3.63) is 24.3 Å². The number of hydrazine groups is 1. The summed E-state index contributed by atoms with van der Waals surface area (Å²) in [5, 5.41) is 19.8. The number of fused-ring (bicyclic) bond motifs is 1. The predicted molar refractivity (Wildman–Crippen MR) is 136 cm³/mol. The maximum Gasteiger partial charge on any atom is 0.242 e. The zero-order valence-corrected chi connectivity index (χ0v) is 20.9. The molecule has 11 heteroatoms. The molecule has 4 unspecified atom stereocenters. The molecule has 4 aliphatic rings. The lowest BCUT2D eigenvalue weighted by molar-refractivity contribution is -0.133. The predicted octanol–water partition coefficient (Wildman–Crippen LogP) is -0.186. The Balaban J connectivity index is 1.25. The van der Waals surface area contributed by atoms with Crippen LogP contribution in [0.15, 0.2) is 24.3 Å². The first-order chi connectivity index (χ1) is 17.6. The molecule has 194 valence electrons. The molecule has 11 nitrogen and oxygen atoms in total. The van der Waals surface area contributed by atoms with E-state index in [1.807, 2.05) is 36.1 Å². The van der Waals surface area contributed by atoms with Crippen LogP contribution in [-0.4, -0.2) is 85.9 Å². The fourth-order valence-electron chi connectivity index (χ4n) is 5.81. The Bertz CT molecular complexity index is 973. The first-order valence-electron chi connectivity index (χ1n) is 13.1. The number of hydrogen-bond donors (Lipinski definition) is 5. The summed E-state index contributed by atoms with van der Waals surface area (Å²) in [6.45, 7) is 7.22. The molecule has 36 heavy (non-hydrogen) atoms. The molecule has 0 aromatic heterocycles. The topological polar surface area (TPSA) is 128 Å². The summed E-state index contributed by atoms with van der Waals surface area (Å²) in [5.74, 6) is 0.310. The summed E-state index contributed by atoms with van der Waals surface area (Å²) in [5.41, 5.74) is 7.74. The van der Waals surface area contributed by atoms with Gasteiger partial charge < -0.3 is 15.1 Å². The molecule has 4 saturated heterocycles. The summed E-state index contributed by atoms with van der Waals surface area (Å²) >= 11 is 0. The highest BCUT2D eigenvalue weighted by molar-refractivity contribution is 5.83. The van der Waals surface area contributed by atoms with Gasteiger partial charge in [0.15, 0.2) is 0 Å². The van der Waals surface area contributed by atoms with Gasteiger partial charge in [-0.05, 0) is 49.9 Å². The maximum absolute atomic E-state index is 12.8. The minimum absolute atomic E-state index is 0.0144. The Morgan fingerprint density at radius 3 is 2.56 bits per heavy atom. The number of nitriles is 1. The van der Waals surface area contributed by atoms with E-state index in [1.165, 1.54) is 0 Å². The highest BCUT2D eigenvalue weighted by Gasteiger charge is 2.45. The molecule has 0 radical (unpaired) electrons. The van der Waals surface area contributed by atoms with Gasteiger partial charge in [-0.1, -0.05) is 0 Å². The summed E-state index contributed by atoms with van der Waals surface area (Å²) < 4.78 is 0. The largest absolute Gasteiger partial charge is 0.369 e. The average Bonchev–Trinajstić information content (AvgIpc) is 2.89. The second-order valence-electron chi connectivity index (χ2n) is 10.1. The molecule has 4 heterocycles. The summed E-state index contributed by atoms with van der Waals surface area (Å²) in [6.07, 6.45) is 2.33. The van der Waals surface area contributed by atoms with E-state index in [2.05, 4.69) is 42.7 Å². The molecule has 0 bridgehead atoms. The van der Waals surface area contributed by atoms with E-state index in [0.29, 0.717) is 25.4 Å². The third-order valence-corrected chi connectivity index (χ3v) is 7.99. The van der Waals surface area contributed by atoms with Crippen molar-refractivity contribution >= 4 is 23.2 Å². The van der Waals surface area contributed by atoms with E-state index in [-0.39, 0.29) is 36.2 Å². The number of carbonyl (C=O) groups is 2. The van der Waals surface area contributed by atoms with Gasteiger partial charge in [0.1, 0.15) is 6.29 Å². The van der Waals surface area contributed by atoms with Gasteiger partial charge in [0, 0.05) is 63.1 Å². The van der Waals surface area contributed by atoms with Gasteiger partial charge in [0.2, 0.25) is 11.8 Å². The van der Waals surface area contributed by atoms with E-state index in [1.54, 1.807) is 0 Å². The van der Waals surface area contributed by atoms with Gasteiger partial charge >= 0.3 is 0 Å². The van der Waals surface area contributed by atoms with Gasteiger partial charge in [-0.2, -0.15) is 5.26 Å². The number of piperidine rings is 1. The molecule has 2 amide bonds.